The fourth-order valence-corrected chi connectivity index (χ4v) is 2.93. The fraction of sp³-hybridized carbons (Fsp3) is 0.350. The second-order valence-electron chi connectivity index (χ2n) is 6.09. The SMILES string of the molecule is CN=C(NCCC(=O)N(C)Cc1ccccc1Br)NCCc1ccccn1.I. The normalized spacial score (nSPS) is 10.8. The van der Waals surface area contributed by atoms with Crippen LogP contribution < -0.4 is 10.6 Å². The van der Waals surface area contributed by atoms with Gasteiger partial charge in [0.15, 0.2) is 5.96 Å². The lowest BCUT2D eigenvalue weighted by atomic mass is 10.2. The maximum Gasteiger partial charge on any atom is 0.224 e. The molecule has 1 aromatic carbocycles. The minimum Gasteiger partial charge on any atom is -0.356 e. The van der Waals surface area contributed by atoms with Crippen molar-refractivity contribution in [3.05, 3.63) is 64.4 Å². The lowest BCUT2D eigenvalue weighted by Crippen LogP contribution is -2.40. The van der Waals surface area contributed by atoms with Gasteiger partial charge in [0.2, 0.25) is 5.91 Å². The first-order valence-electron chi connectivity index (χ1n) is 8.92. The first-order chi connectivity index (χ1) is 13.1. The molecule has 0 atom stereocenters. The molecule has 1 amide bonds. The molecule has 1 aromatic heterocycles. The first kappa shape index (κ1) is 24.4. The van der Waals surface area contributed by atoms with Gasteiger partial charge in [0.1, 0.15) is 0 Å². The summed E-state index contributed by atoms with van der Waals surface area (Å²) in [6.45, 7) is 1.84. The van der Waals surface area contributed by atoms with Crippen molar-refractivity contribution in [2.75, 3.05) is 27.2 Å². The second-order valence-corrected chi connectivity index (χ2v) is 6.94. The van der Waals surface area contributed by atoms with E-state index < -0.39 is 0 Å². The van der Waals surface area contributed by atoms with Crippen molar-refractivity contribution < 1.29 is 4.79 Å². The third-order valence-corrected chi connectivity index (χ3v) is 4.82. The van der Waals surface area contributed by atoms with E-state index in [0.717, 1.165) is 28.7 Å². The zero-order valence-electron chi connectivity index (χ0n) is 16.2. The van der Waals surface area contributed by atoms with Crippen LogP contribution in [0, 0.1) is 0 Å². The summed E-state index contributed by atoms with van der Waals surface area (Å²) in [4.78, 5) is 22.5. The van der Waals surface area contributed by atoms with E-state index in [1.165, 1.54) is 0 Å². The fourth-order valence-electron chi connectivity index (χ4n) is 2.52. The molecule has 2 aromatic rings. The average molecular weight is 560 g/mol. The Hall–Kier alpha value is -1.68. The van der Waals surface area contributed by atoms with E-state index >= 15 is 0 Å². The number of carbonyl (C=O) groups is 1. The molecule has 0 unspecified atom stereocenters. The maximum atomic E-state index is 12.3. The molecule has 28 heavy (non-hydrogen) atoms. The van der Waals surface area contributed by atoms with E-state index in [1.54, 1.807) is 18.1 Å². The number of pyridine rings is 1. The summed E-state index contributed by atoms with van der Waals surface area (Å²) >= 11 is 3.52. The molecule has 0 aliphatic rings. The second kappa shape index (κ2) is 13.5. The minimum absolute atomic E-state index is 0. The van der Waals surface area contributed by atoms with Crippen LogP contribution in [-0.2, 0) is 17.8 Å². The topological polar surface area (TPSA) is 69.6 Å². The van der Waals surface area contributed by atoms with E-state index in [0.29, 0.717) is 25.5 Å². The number of amides is 1. The standard InChI is InChI=1S/C20H26BrN5O.HI/c1-22-20(24-13-10-17-8-5-6-12-23-17)25-14-11-19(27)26(2)15-16-7-3-4-9-18(16)21;/h3-9,12H,10-11,13-15H2,1-2H3,(H2,22,24,25);1H. The third kappa shape index (κ3) is 8.55. The van der Waals surface area contributed by atoms with E-state index in [4.69, 9.17) is 0 Å². The van der Waals surface area contributed by atoms with Crippen molar-refractivity contribution in [3.63, 3.8) is 0 Å². The smallest absolute Gasteiger partial charge is 0.224 e. The number of nitrogens with zero attached hydrogens (tertiary/aromatic N) is 3. The highest BCUT2D eigenvalue weighted by molar-refractivity contribution is 14.0. The van der Waals surface area contributed by atoms with E-state index in [1.807, 2.05) is 49.5 Å². The molecule has 0 radical (unpaired) electrons. The molecule has 0 saturated carbocycles. The zero-order chi connectivity index (χ0) is 19.5. The van der Waals surface area contributed by atoms with Crippen LogP contribution in [0.25, 0.3) is 0 Å². The maximum absolute atomic E-state index is 12.3. The Morgan fingerprint density at radius 3 is 2.54 bits per heavy atom. The van der Waals surface area contributed by atoms with Crippen LogP contribution in [0.3, 0.4) is 0 Å². The Bertz CT molecular complexity index is 757. The highest BCUT2D eigenvalue weighted by atomic mass is 127. The number of nitrogens with one attached hydrogen (secondary N) is 2. The van der Waals surface area contributed by atoms with Gasteiger partial charge in [-0.05, 0) is 23.8 Å². The van der Waals surface area contributed by atoms with Crippen molar-refractivity contribution in [1.82, 2.24) is 20.5 Å². The van der Waals surface area contributed by atoms with Gasteiger partial charge in [-0.2, -0.15) is 0 Å². The van der Waals surface area contributed by atoms with Gasteiger partial charge in [0.25, 0.3) is 0 Å². The quantitative estimate of drug-likeness (QED) is 0.296. The minimum atomic E-state index is 0. The Morgan fingerprint density at radius 2 is 1.86 bits per heavy atom. The molecule has 0 spiro atoms. The highest BCUT2D eigenvalue weighted by Crippen LogP contribution is 2.17. The number of rotatable bonds is 8. The van der Waals surface area contributed by atoms with Crippen LogP contribution >= 0.6 is 39.9 Å². The Morgan fingerprint density at radius 1 is 1.14 bits per heavy atom. The van der Waals surface area contributed by atoms with E-state index in [9.17, 15) is 4.79 Å². The highest BCUT2D eigenvalue weighted by Gasteiger charge is 2.11. The number of halogens is 2. The Labute approximate surface area is 192 Å². The van der Waals surface area contributed by atoms with Gasteiger partial charge in [0, 0.05) is 62.9 Å². The van der Waals surface area contributed by atoms with Crippen LogP contribution in [0.1, 0.15) is 17.7 Å². The van der Waals surface area contributed by atoms with E-state index in [2.05, 4.69) is 36.5 Å². The first-order valence-corrected chi connectivity index (χ1v) is 9.71. The number of aliphatic imine (C=N–C) groups is 1. The molecule has 0 aliphatic heterocycles. The van der Waals surface area contributed by atoms with Crippen molar-refractivity contribution in [2.45, 2.75) is 19.4 Å². The number of benzene rings is 1. The lowest BCUT2D eigenvalue weighted by molar-refractivity contribution is -0.130. The van der Waals surface area contributed by atoms with Gasteiger partial charge in [-0.1, -0.05) is 40.2 Å². The lowest BCUT2D eigenvalue weighted by Gasteiger charge is -2.19. The Kier molecular flexibility index (Phi) is 11.7. The predicted octanol–water partition coefficient (Wildman–Crippen LogP) is 3.22. The molecule has 0 fully saturated rings. The van der Waals surface area contributed by atoms with Crippen molar-refractivity contribution in [3.8, 4) is 0 Å². The van der Waals surface area contributed by atoms with Crippen LogP contribution in [-0.4, -0.2) is 48.9 Å². The number of hydrogen-bond acceptors (Lipinski definition) is 3. The van der Waals surface area contributed by atoms with Gasteiger partial charge in [0.05, 0.1) is 0 Å². The molecule has 8 heteroatoms. The third-order valence-electron chi connectivity index (χ3n) is 4.05. The predicted molar refractivity (Wildman–Crippen MR) is 128 cm³/mol. The zero-order valence-corrected chi connectivity index (χ0v) is 20.1. The van der Waals surface area contributed by atoms with Crippen LogP contribution in [0.2, 0.25) is 0 Å². The van der Waals surface area contributed by atoms with Crippen LogP contribution in [0.5, 0.6) is 0 Å². The number of hydrogen-bond donors (Lipinski definition) is 2. The van der Waals surface area contributed by atoms with Gasteiger partial charge in [-0.3, -0.25) is 14.8 Å². The van der Waals surface area contributed by atoms with E-state index in [-0.39, 0.29) is 29.9 Å². The molecule has 6 nitrogen and oxygen atoms in total. The van der Waals surface area contributed by atoms with Crippen molar-refractivity contribution in [1.29, 1.82) is 0 Å². The number of guanidine groups is 1. The van der Waals surface area contributed by atoms with Gasteiger partial charge >= 0.3 is 0 Å². The van der Waals surface area contributed by atoms with Crippen molar-refractivity contribution >= 4 is 51.8 Å². The largest absolute Gasteiger partial charge is 0.356 e. The molecule has 0 saturated heterocycles. The van der Waals surface area contributed by atoms with Crippen molar-refractivity contribution in [2.24, 2.45) is 4.99 Å². The molecule has 2 rings (SSSR count). The number of aromatic nitrogens is 1. The molecule has 0 aliphatic carbocycles. The Balaban J connectivity index is 0.00000392. The summed E-state index contributed by atoms with van der Waals surface area (Å²) in [7, 11) is 3.54. The molecular weight excluding hydrogens is 533 g/mol. The number of carbonyl (C=O) groups excluding carboxylic acids is 1. The van der Waals surface area contributed by atoms with Gasteiger partial charge < -0.3 is 15.5 Å². The summed E-state index contributed by atoms with van der Waals surface area (Å²) in [6.07, 6.45) is 3.01. The molecule has 152 valence electrons. The summed E-state index contributed by atoms with van der Waals surface area (Å²) in [6, 6.07) is 13.8. The van der Waals surface area contributed by atoms with Crippen LogP contribution in [0.4, 0.5) is 0 Å². The monoisotopic (exact) mass is 559 g/mol. The van der Waals surface area contributed by atoms with Gasteiger partial charge in [-0.25, -0.2) is 0 Å². The summed E-state index contributed by atoms with van der Waals surface area (Å²) < 4.78 is 1.01. The summed E-state index contributed by atoms with van der Waals surface area (Å²) in [5.41, 5.74) is 2.12. The summed E-state index contributed by atoms with van der Waals surface area (Å²) in [5, 5.41) is 6.41. The van der Waals surface area contributed by atoms with Gasteiger partial charge in [-0.15, -0.1) is 24.0 Å². The summed E-state index contributed by atoms with van der Waals surface area (Å²) in [5.74, 6) is 0.773. The molecule has 1 heterocycles. The van der Waals surface area contributed by atoms with Crippen LogP contribution in [0.15, 0.2) is 58.1 Å². The molecule has 2 N–H and O–H groups in total. The molecule has 0 bridgehead atoms. The molecular formula is C20H27BrIN5O. The average Bonchev–Trinajstić information content (AvgIpc) is 2.69.